The monoisotopic (exact) mass is 209 g/mol. The van der Waals surface area contributed by atoms with Gasteiger partial charge in [-0.1, -0.05) is 30.4 Å². The third-order valence-corrected chi connectivity index (χ3v) is 2.69. The van der Waals surface area contributed by atoms with Gasteiger partial charge in [0.2, 0.25) is 0 Å². The summed E-state index contributed by atoms with van der Waals surface area (Å²) < 4.78 is 0. The molecule has 2 rings (SSSR count). The minimum Gasteiger partial charge on any atom is -0.265 e. The van der Waals surface area contributed by atoms with Gasteiger partial charge in [-0.25, -0.2) is 0 Å². The topological polar surface area (TPSA) is 12.9 Å². The average molecular weight is 209 g/mol. The van der Waals surface area contributed by atoms with Gasteiger partial charge < -0.3 is 0 Å². The quantitative estimate of drug-likeness (QED) is 0.731. The number of hydrogen-bond donors (Lipinski definition) is 0. The van der Waals surface area contributed by atoms with Crippen LogP contribution in [0, 0.1) is 13.8 Å². The average Bonchev–Trinajstić information content (AvgIpc) is 2.30. The lowest BCUT2D eigenvalue weighted by Crippen LogP contribution is -1.84. The van der Waals surface area contributed by atoms with Crippen molar-refractivity contribution in [2.24, 2.45) is 0 Å². The Morgan fingerprint density at radius 1 is 0.875 bits per heavy atom. The molecule has 16 heavy (non-hydrogen) atoms. The zero-order valence-electron chi connectivity index (χ0n) is 9.64. The standard InChI is InChI=1S/C15H15N/c1-12-4-3-5-13(2)15(12)7-6-14-8-10-16-11-9-14/h3-11H,1-2H3/b7-6+. The highest BCUT2D eigenvalue weighted by molar-refractivity contribution is 5.72. The summed E-state index contributed by atoms with van der Waals surface area (Å²) in [4.78, 5) is 4.00. The molecular formula is C15H15N. The van der Waals surface area contributed by atoms with E-state index in [2.05, 4.69) is 49.2 Å². The fourth-order valence-corrected chi connectivity index (χ4v) is 1.74. The maximum Gasteiger partial charge on any atom is 0.0273 e. The third kappa shape index (κ3) is 2.37. The number of rotatable bonds is 2. The van der Waals surface area contributed by atoms with Crippen molar-refractivity contribution >= 4 is 12.2 Å². The van der Waals surface area contributed by atoms with E-state index in [1.165, 1.54) is 22.3 Å². The molecule has 1 aromatic heterocycles. The summed E-state index contributed by atoms with van der Waals surface area (Å²) in [5.41, 5.74) is 5.10. The Balaban J connectivity index is 2.31. The molecule has 1 heterocycles. The first-order chi connectivity index (χ1) is 7.77. The van der Waals surface area contributed by atoms with E-state index in [1.54, 1.807) is 0 Å². The Morgan fingerprint density at radius 2 is 1.50 bits per heavy atom. The van der Waals surface area contributed by atoms with Gasteiger partial charge in [0.15, 0.2) is 0 Å². The molecule has 1 nitrogen and oxygen atoms in total. The van der Waals surface area contributed by atoms with E-state index in [9.17, 15) is 0 Å². The maximum atomic E-state index is 4.00. The lowest BCUT2D eigenvalue weighted by molar-refractivity contribution is 1.32. The van der Waals surface area contributed by atoms with E-state index < -0.39 is 0 Å². The molecule has 1 aromatic carbocycles. The molecule has 0 bridgehead atoms. The van der Waals surface area contributed by atoms with Crippen molar-refractivity contribution in [2.45, 2.75) is 13.8 Å². The van der Waals surface area contributed by atoms with Gasteiger partial charge in [-0.2, -0.15) is 0 Å². The predicted octanol–water partition coefficient (Wildman–Crippen LogP) is 3.87. The van der Waals surface area contributed by atoms with Crippen LogP contribution in [-0.2, 0) is 0 Å². The molecule has 0 aliphatic carbocycles. The van der Waals surface area contributed by atoms with E-state index in [4.69, 9.17) is 0 Å². The summed E-state index contributed by atoms with van der Waals surface area (Å²) in [5, 5.41) is 0. The Hall–Kier alpha value is -1.89. The van der Waals surface area contributed by atoms with E-state index in [0.29, 0.717) is 0 Å². The number of pyridine rings is 1. The number of hydrogen-bond acceptors (Lipinski definition) is 1. The van der Waals surface area contributed by atoms with Gasteiger partial charge in [-0.15, -0.1) is 0 Å². The Kier molecular flexibility index (Phi) is 3.16. The minimum absolute atomic E-state index is 1.18. The summed E-state index contributed by atoms with van der Waals surface area (Å²) in [6.45, 7) is 4.28. The van der Waals surface area contributed by atoms with Crippen LogP contribution < -0.4 is 0 Å². The molecule has 0 aliphatic rings. The van der Waals surface area contributed by atoms with Gasteiger partial charge in [0.1, 0.15) is 0 Å². The number of benzene rings is 1. The molecule has 0 saturated carbocycles. The van der Waals surface area contributed by atoms with Crippen LogP contribution in [0.3, 0.4) is 0 Å². The Labute approximate surface area is 96.5 Å². The molecule has 0 spiro atoms. The van der Waals surface area contributed by atoms with Crippen molar-refractivity contribution in [3.63, 3.8) is 0 Å². The molecule has 0 atom stereocenters. The van der Waals surface area contributed by atoms with Crippen molar-refractivity contribution in [1.82, 2.24) is 4.98 Å². The van der Waals surface area contributed by atoms with Gasteiger partial charge >= 0.3 is 0 Å². The van der Waals surface area contributed by atoms with Gasteiger partial charge in [-0.05, 0) is 48.2 Å². The van der Waals surface area contributed by atoms with Crippen molar-refractivity contribution in [1.29, 1.82) is 0 Å². The number of nitrogens with zero attached hydrogens (tertiary/aromatic N) is 1. The first kappa shape index (κ1) is 10.6. The second-order valence-corrected chi connectivity index (χ2v) is 3.92. The van der Waals surface area contributed by atoms with E-state index in [1.807, 2.05) is 24.5 Å². The summed E-state index contributed by atoms with van der Waals surface area (Å²) in [6, 6.07) is 10.4. The molecule has 0 fully saturated rings. The number of aryl methyl sites for hydroxylation is 2. The highest BCUT2D eigenvalue weighted by Gasteiger charge is 1.96. The molecule has 2 aromatic rings. The van der Waals surface area contributed by atoms with E-state index in [0.717, 1.165) is 0 Å². The SMILES string of the molecule is Cc1cccc(C)c1/C=C/c1ccncc1. The maximum absolute atomic E-state index is 4.00. The van der Waals surface area contributed by atoms with Crippen LogP contribution in [0.5, 0.6) is 0 Å². The summed E-state index contributed by atoms with van der Waals surface area (Å²) in [5.74, 6) is 0. The zero-order valence-corrected chi connectivity index (χ0v) is 9.64. The van der Waals surface area contributed by atoms with Crippen molar-refractivity contribution < 1.29 is 0 Å². The molecule has 0 unspecified atom stereocenters. The molecule has 80 valence electrons. The molecule has 0 aliphatic heterocycles. The van der Waals surface area contributed by atoms with Crippen LogP contribution >= 0.6 is 0 Å². The number of aromatic nitrogens is 1. The zero-order chi connectivity index (χ0) is 11.4. The van der Waals surface area contributed by atoms with Crippen molar-refractivity contribution in [3.8, 4) is 0 Å². The molecule has 0 saturated heterocycles. The normalized spacial score (nSPS) is 10.9. The molecule has 1 heteroatoms. The lowest BCUT2D eigenvalue weighted by Gasteiger charge is -2.04. The fourth-order valence-electron chi connectivity index (χ4n) is 1.74. The summed E-state index contributed by atoms with van der Waals surface area (Å²) >= 11 is 0. The molecule has 0 N–H and O–H groups in total. The summed E-state index contributed by atoms with van der Waals surface area (Å²) in [6.07, 6.45) is 7.91. The van der Waals surface area contributed by atoms with Gasteiger partial charge in [0, 0.05) is 12.4 Å². The van der Waals surface area contributed by atoms with E-state index >= 15 is 0 Å². The summed E-state index contributed by atoms with van der Waals surface area (Å²) in [7, 11) is 0. The van der Waals surface area contributed by atoms with Crippen LogP contribution in [0.4, 0.5) is 0 Å². The lowest BCUT2D eigenvalue weighted by atomic mass is 10.0. The Morgan fingerprint density at radius 3 is 2.12 bits per heavy atom. The Bertz CT molecular complexity index is 478. The van der Waals surface area contributed by atoms with Crippen molar-refractivity contribution in [3.05, 3.63) is 65.0 Å². The smallest absolute Gasteiger partial charge is 0.0273 e. The van der Waals surface area contributed by atoms with Gasteiger partial charge in [-0.3, -0.25) is 4.98 Å². The van der Waals surface area contributed by atoms with Gasteiger partial charge in [0.25, 0.3) is 0 Å². The molecule has 0 radical (unpaired) electrons. The minimum atomic E-state index is 1.18. The van der Waals surface area contributed by atoms with Crippen LogP contribution in [-0.4, -0.2) is 4.98 Å². The second-order valence-electron chi connectivity index (χ2n) is 3.92. The largest absolute Gasteiger partial charge is 0.265 e. The van der Waals surface area contributed by atoms with Crippen LogP contribution in [0.25, 0.3) is 12.2 Å². The third-order valence-electron chi connectivity index (χ3n) is 2.69. The van der Waals surface area contributed by atoms with Crippen LogP contribution in [0.1, 0.15) is 22.3 Å². The van der Waals surface area contributed by atoms with E-state index in [-0.39, 0.29) is 0 Å². The fraction of sp³-hybridized carbons (Fsp3) is 0.133. The highest BCUT2D eigenvalue weighted by Crippen LogP contribution is 2.16. The predicted molar refractivity (Wildman–Crippen MR) is 69.1 cm³/mol. The van der Waals surface area contributed by atoms with Crippen LogP contribution in [0.2, 0.25) is 0 Å². The molecular weight excluding hydrogens is 194 g/mol. The highest BCUT2D eigenvalue weighted by atomic mass is 14.6. The van der Waals surface area contributed by atoms with Crippen molar-refractivity contribution in [2.75, 3.05) is 0 Å². The first-order valence-electron chi connectivity index (χ1n) is 5.42. The van der Waals surface area contributed by atoms with Crippen LogP contribution in [0.15, 0.2) is 42.7 Å². The first-order valence-corrected chi connectivity index (χ1v) is 5.42. The second kappa shape index (κ2) is 4.75. The van der Waals surface area contributed by atoms with Gasteiger partial charge in [0.05, 0.1) is 0 Å². The molecule has 0 amide bonds.